The number of aryl methyl sites for hydroxylation is 1. The molecule has 0 N–H and O–H groups in total. The standard InChI is InChI=1S/C21H22N2O3S/c1-16-2-4-18(5-3-16)13-23(20-10-11-20)21(24)15-27(25,26)14-19-8-6-17(12-22)7-9-19/h2-9,20H,10-11,13-15H2,1H3. The lowest BCUT2D eigenvalue weighted by Crippen LogP contribution is -2.37. The van der Waals surface area contributed by atoms with Crippen LogP contribution in [0.4, 0.5) is 0 Å². The number of rotatable bonds is 7. The van der Waals surface area contributed by atoms with E-state index in [1.54, 1.807) is 29.2 Å². The molecule has 3 rings (SSSR count). The molecule has 0 bridgehead atoms. The molecule has 0 aliphatic heterocycles. The molecule has 1 amide bonds. The molecule has 0 spiro atoms. The van der Waals surface area contributed by atoms with Crippen molar-refractivity contribution in [2.75, 3.05) is 5.75 Å². The SMILES string of the molecule is Cc1ccc(CN(C(=O)CS(=O)(=O)Cc2ccc(C#N)cc2)C2CC2)cc1. The van der Waals surface area contributed by atoms with Gasteiger partial charge in [-0.15, -0.1) is 0 Å². The van der Waals surface area contributed by atoms with Crippen LogP contribution in [-0.2, 0) is 26.9 Å². The van der Waals surface area contributed by atoms with Crippen LogP contribution in [0.3, 0.4) is 0 Å². The number of hydrogen-bond acceptors (Lipinski definition) is 4. The highest BCUT2D eigenvalue weighted by atomic mass is 32.2. The van der Waals surface area contributed by atoms with Crippen molar-refractivity contribution in [3.05, 3.63) is 70.8 Å². The maximum atomic E-state index is 12.7. The van der Waals surface area contributed by atoms with Gasteiger partial charge in [0.05, 0.1) is 17.4 Å². The van der Waals surface area contributed by atoms with Crippen molar-refractivity contribution in [1.82, 2.24) is 4.90 Å². The second-order valence-corrected chi connectivity index (χ2v) is 9.14. The summed E-state index contributed by atoms with van der Waals surface area (Å²) in [6, 6.07) is 16.5. The van der Waals surface area contributed by atoms with E-state index in [1.165, 1.54) is 0 Å². The molecule has 2 aromatic rings. The first kappa shape index (κ1) is 19.1. The lowest BCUT2D eigenvalue weighted by atomic mass is 10.1. The summed E-state index contributed by atoms with van der Waals surface area (Å²) >= 11 is 0. The van der Waals surface area contributed by atoms with Gasteiger partial charge in [-0.25, -0.2) is 8.42 Å². The van der Waals surface area contributed by atoms with Crippen LogP contribution in [0.25, 0.3) is 0 Å². The van der Waals surface area contributed by atoms with Crippen LogP contribution in [0.5, 0.6) is 0 Å². The molecule has 6 heteroatoms. The maximum absolute atomic E-state index is 12.7. The molecule has 27 heavy (non-hydrogen) atoms. The average Bonchev–Trinajstić information content (AvgIpc) is 3.46. The monoisotopic (exact) mass is 382 g/mol. The fourth-order valence-corrected chi connectivity index (χ4v) is 4.29. The lowest BCUT2D eigenvalue weighted by molar-refractivity contribution is -0.129. The predicted molar refractivity (Wildman–Crippen MR) is 103 cm³/mol. The van der Waals surface area contributed by atoms with E-state index in [0.29, 0.717) is 17.7 Å². The van der Waals surface area contributed by atoms with Crippen molar-refractivity contribution >= 4 is 15.7 Å². The van der Waals surface area contributed by atoms with Crippen LogP contribution >= 0.6 is 0 Å². The van der Waals surface area contributed by atoms with E-state index in [0.717, 1.165) is 24.0 Å². The fraction of sp³-hybridized carbons (Fsp3) is 0.333. The molecule has 140 valence electrons. The zero-order valence-electron chi connectivity index (χ0n) is 15.3. The summed E-state index contributed by atoms with van der Waals surface area (Å²) in [4.78, 5) is 14.4. The van der Waals surface area contributed by atoms with Gasteiger partial charge in [-0.3, -0.25) is 4.79 Å². The Balaban J connectivity index is 1.66. The molecular formula is C21H22N2O3S. The zero-order valence-corrected chi connectivity index (χ0v) is 16.1. The molecule has 0 saturated heterocycles. The fourth-order valence-electron chi connectivity index (χ4n) is 2.95. The Bertz CT molecular complexity index is 954. The van der Waals surface area contributed by atoms with Crippen molar-refractivity contribution in [2.24, 2.45) is 0 Å². The lowest BCUT2D eigenvalue weighted by Gasteiger charge is -2.22. The summed E-state index contributed by atoms with van der Waals surface area (Å²) in [6.45, 7) is 2.44. The van der Waals surface area contributed by atoms with Gasteiger partial charge in [-0.1, -0.05) is 42.0 Å². The molecule has 1 aliphatic carbocycles. The van der Waals surface area contributed by atoms with Crippen LogP contribution < -0.4 is 0 Å². The molecule has 0 unspecified atom stereocenters. The van der Waals surface area contributed by atoms with Crippen molar-refractivity contribution in [1.29, 1.82) is 5.26 Å². The number of amides is 1. The quantitative estimate of drug-likeness (QED) is 0.737. The molecule has 1 saturated carbocycles. The summed E-state index contributed by atoms with van der Waals surface area (Å²) in [6.07, 6.45) is 1.85. The van der Waals surface area contributed by atoms with Crippen LogP contribution in [0, 0.1) is 18.3 Å². The molecule has 0 aromatic heterocycles. The van der Waals surface area contributed by atoms with Crippen LogP contribution in [0.2, 0.25) is 0 Å². The summed E-state index contributed by atoms with van der Waals surface area (Å²) < 4.78 is 25.0. The third-order valence-electron chi connectivity index (χ3n) is 4.59. The second kappa shape index (κ2) is 7.93. The number of nitrogens with zero attached hydrogens (tertiary/aromatic N) is 2. The van der Waals surface area contributed by atoms with E-state index >= 15 is 0 Å². The molecule has 0 heterocycles. The van der Waals surface area contributed by atoms with E-state index in [4.69, 9.17) is 5.26 Å². The Morgan fingerprint density at radius 2 is 1.67 bits per heavy atom. The smallest absolute Gasteiger partial charge is 0.238 e. The van der Waals surface area contributed by atoms with Crippen molar-refractivity contribution in [2.45, 2.75) is 38.1 Å². The van der Waals surface area contributed by atoms with Gasteiger partial charge >= 0.3 is 0 Å². The molecule has 5 nitrogen and oxygen atoms in total. The van der Waals surface area contributed by atoms with Crippen LogP contribution in [0.15, 0.2) is 48.5 Å². The predicted octanol–water partition coefficient (Wildman–Crippen LogP) is 2.97. The van der Waals surface area contributed by atoms with Crippen LogP contribution in [-0.4, -0.2) is 31.0 Å². The minimum Gasteiger partial charge on any atom is -0.335 e. The molecule has 0 atom stereocenters. The van der Waals surface area contributed by atoms with Crippen molar-refractivity contribution in [3.8, 4) is 6.07 Å². The summed E-state index contributed by atoms with van der Waals surface area (Å²) in [5.41, 5.74) is 3.21. The highest BCUT2D eigenvalue weighted by molar-refractivity contribution is 7.91. The summed E-state index contributed by atoms with van der Waals surface area (Å²) in [5.74, 6) is -1.03. The van der Waals surface area contributed by atoms with E-state index in [9.17, 15) is 13.2 Å². The third kappa shape index (κ3) is 5.41. The molecule has 1 fully saturated rings. The second-order valence-electron chi connectivity index (χ2n) is 7.08. The van der Waals surface area contributed by atoms with E-state index in [2.05, 4.69) is 0 Å². The first-order valence-electron chi connectivity index (χ1n) is 8.91. The minimum absolute atomic E-state index is 0.143. The van der Waals surface area contributed by atoms with Crippen molar-refractivity contribution in [3.63, 3.8) is 0 Å². The van der Waals surface area contributed by atoms with Gasteiger partial charge in [0, 0.05) is 12.6 Å². The van der Waals surface area contributed by atoms with Gasteiger partial charge in [-0.05, 0) is 43.0 Å². The number of carbonyl (C=O) groups excluding carboxylic acids is 1. The Labute approximate surface area is 160 Å². The Hall–Kier alpha value is -2.65. The number of nitriles is 1. The number of carbonyl (C=O) groups is 1. The Morgan fingerprint density at radius 1 is 1.07 bits per heavy atom. The highest BCUT2D eigenvalue weighted by Gasteiger charge is 2.34. The maximum Gasteiger partial charge on any atom is 0.238 e. The summed E-state index contributed by atoms with van der Waals surface area (Å²) in [7, 11) is -3.58. The topological polar surface area (TPSA) is 78.2 Å². The van der Waals surface area contributed by atoms with Crippen molar-refractivity contribution < 1.29 is 13.2 Å². The number of sulfone groups is 1. The first-order chi connectivity index (χ1) is 12.9. The Kier molecular flexibility index (Phi) is 5.62. The molecule has 2 aromatic carbocycles. The average molecular weight is 382 g/mol. The molecular weight excluding hydrogens is 360 g/mol. The van der Waals surface area contributed by atoms with Gasteiger partial charge in [0.15, 0.2) is 9.84 Å². The highest BCUT2D eigenvalue weighted by Crippen LogP contribution is 2.29. The largest absolute Gasteiger partial charge is 0.335 e. The number of benzene rings is 2. The van der Waals surface area contributed by atoms with Gasteiger partial charge in [0.25, 0.3) is 0 Å². The summed E-state index contributed by atoms with van der Waals surface area (Å²) in [5, 5.41) is 8.82. The number of hydrogen-bond donors (Lipinski definition) is 0. The van der Waals surface area contributed by atoms with E-state index < -0.39 is 15.6 Å². The molecule has 0 radical (unpaired) electrons. The zero-order chi connectivity index (χ0) is 19.4. The minimum atomic E-state index is -3.58. The van der Waals surface area contributed by atoms with Gasteiger partial charge in [0.1, 0.15) is 5.75 Å². The van der Waals surface area contributed by atoms with E-state index in [1.807, 2.05) is 37.3 Å². The van der Waals surface area contributed by atoms with E-state index in [-0.39, 0.29) is 17.7 Å². The Morgan fingerprint density at radius 3 is 2.22 bits per heavy atom. The van der Waals surface area contributed by atoms with Crippen LogP contribution in [0.1, 0.15) is 35.1 Å². The molecule has 1 aliphatic rings. The third-order valence-corrected chi connectivity index (χ3v) is 6.05. The van der Waals surface area contributed by atoms with Gasteiger partial charge in [0.2, 0.25) is 5.91 Å². The normalized spacial score (nSPS) is 13.8. The van der Waals surface area contributed by atoms with Gasteiger partial charge in [-0.2, -0.15) is 5.26 Å². The first-order valence-corrected chi connectivity index (χ1v) is 10.7. The van der Waals surface area contributed by atoms with Gasteiger partial charge < -0.3 is 4.90 Å².